The molecule has 0 aromatic rings. The van der Waals surface area contributed by atoms with Crippen molar-refractivity contribution in [3.63, 3.8) is 0 Å². The Bertz CT molecular complexity index is 149. The van der Waals surface area contributed by atoms with E-state index in [0.29, 0.717) is 0 Å². The van der Waals surface area contributed by atoms with Crippen molar-refractivity contribution in [2.45, 2.75) is 51.5 Å². The second-order valence-electron chi connectivity index (χ2n) is 4.51. The maximum absolute atomic E-state index is 6.31. The van der Waals surface area contributed by atoms with E-state index in [1.165, 1.54) is 25.7 Å². The van der Waals surface area contributed by atoms with Crippen LogP contribution < -0.4 is 5.73 Å². The minimum Gasteiger partial charge on any atom is -0.382 e. The molecule has 78 valence electrons. The van der Waals surface area contributed by atoms with Gasteiger partial charge in [-0.05, 0) is 32.1 Å². The molecule has 0 spiro atoms. The Morgan fingerprint density at radius 1 is 1.54 bits per heavy atom. The Morgan fingerprint density at radius 2 is 2.31 bits per heavy atom. The van der Waals surface area contributed by atoms with Gasteiger partial charge < -0.3 is 10.5 Å². The highest BCUT2D eigenvalue weighted by Gasteiger charge is 2.30. The Kier molecular flexibility index (Phi) is 4.20. The maximum Gasteiger partial charge on any atom is 0.0483 e. The van der Waals surface area contributed by atoms with Crippen molar-refractivity contribution in [1.29, 1.82) is 0 Å². The molecule has 0 aromatic heterocycles. The summed E-state index contributed by atoms with van der Waals surface area (Å²) in [5.41, 5.74) is 6.39. The third kappa shape index (κ3) is 3.65. The van der Waals surface area contributed by atoms with Gasteiger partial charge in [0, 0.05) is 18.8 Å². The van der Waals surface area contributed by atoms with Crippen LogP contribution in [0.5, 0.6) is 0 Å². The summed E-state index contributed by atoms with van der Waals surface area (Å²) >= 11 is 0. The van der Waals surface area contributed by atoms with Crippen LogP contribution in [-0.4, -0.2) is 18.8 Å². The van der Waals surface area contributed by atoms with Gasteiger partial charge in [-0.2, -0.15) is 0 Å². The molecule has 0 amide bonds. The van der Waals surface area contributed by atoms with E-state index in [4.69, 9.17) is 10.5 Å². The number of hydrogen-bond donors (Lipinski definition) is 1. The quantitative estimate of drug-likeness (QED) is 0.682. The molecule has 1 aliphatic rings. The van der Waals surface area contributed by atoms with Crippen molar-refractivity contribution in [3.8, 4) is 0 Å². The molecule has 0 aliphatic heterocycles. The molecule has 1 aliphatic carbocycles. The minimum atomic E-state index is 0.0762. The predicted octanol–water partition coefficient (Wildman–Crippen LogP) is 2.32. The summed E-state index contributed by atoms with van der Waals surface area (Å²) in [7, 11) is 0. The summed E-state index contributed by atoms with van der Waals surface area (Å²) in [5, 5.41) is 0. The fraction of sp³-hybridized carbons (Fsp3) is 1.00. The van der Waals surface area contributed by atoms with Crippen molar-refractivity contribution in [2.24, 2.45) is 11.7 Å². The summed E-state index contributed by atoms with van der Waals surface area (Å²) in [4.78, 5) is 0. The smallest absolute Gasteiger partial charge is 0.0483 e. The van der Waals surface area contributed by atoms with Crippen LogP contribution in [-0.2, 0) is 4.74 Å². The summed E-state index contributed by atoms with van der Waals surface area (Å²) in [6.07, 6.45) is 6.05. The normalized spacial score (nSPS) is 34.8. The van der Waals surface area contributed by atoms with Gasteiger partial charge in [-0.25, -0.2) is 0 Å². The highest BCUT2D eigenvalue weighted by Crippen LogP contribution is 2.32. The van der Waals surface area contributed by atoms with E-state index in [-0.39, 0.29) is 5.54 Å². The van der Waals surface area contributed by atoms with E-state index in [9.17, 15) is 0 Å². The molecule has 2 unspecified atom stereocenters. The second-order valence-corrected chi connectivity index (χ2v) is 4.51. The molecule has 2 N–H and O–H groups in total. The van der Waals surface area contributed by atoms with E-state index in [1.54, 1.807) is 0 Å². The van der Waals surface area contributed by atoms with Gasteiger partial charge >= 0.3 is 0 Å². The molecule has 2 heteroatoms. The monoisotopic (exact) mass is 185 g/mol. The van der Waals surface area contributed by atoms with Gasteiger partial charge in [0.2, 0.25) is 0 Å². The van der Waals surface area contributed by atoms with Crippen LogP contribution in [0, 0.1) is 5.92 Å². The van der Waals surface area contributed by atoms with E-state index >= 15 is 0 Å². The average molecular weight is 185 g/mol. The molecule has 2 atom stereocenters. The van der Waals surface area contributed by atoms with E-state index in [2.05, 4.69) is 6.92 Å². The van der Waals surface area contributed by atoms with Crippen LogP contribution in [0.3, 0.4) is 0 Å². The zero-order valence-electron chi connectivity index (χ0n) is 9.01. The van der Waals surface area contributed by atoms with Crippen LogP contribution in [0.1, 0.15) is 46.0 Å². The number of hydrogen-bond acceptors (Lipinski definition) is 2. The molecule has 0 radical (unpaired) electrons. The van der Waals surface area contributed by atoms with Gasteiger partial charge in [0.1, 0.15) is 0 Å². The molecule has 0 heterocycles. The third-order valence-corrected chi connectivity index (χ3v) is 3.07. The van der Waals surface area contributed by atoms with Crippen LogP contribution >= 0.6 is 0 Å². The summed E-state index contributed by atoms with van der Waals surface area (Å²) in [6.45, 7) is 5.99. The van der Waals surface area contributed by atoms with Crippen molar-refractivity contribution in [3.05, 3.63) is 0 Å². The Labute approximate surface area is 81.8 Å². The molecule has 1 fully saturated rings. The molecule has 0 saturated heterocycles. The predicted molar refractivity (Wildman–Crippen MR) is 55.7 cm³/mol. The van der Waals surface area contributed by atoms with Crippen molar-refractivity contribution in [1.82, 2.24) is 0 Å². The largest absolute Gasteiger partial charge is 0.382 e. The molecular weight excluding hydrogens is 162 g/mol. The molecule has 13 heavy (non-hydrogen) atoms. The summed E-state index contributed by atoms with van der Waals surface area (Å²) in [6, 6.07) is 0. The lowest BCUT2D eigenvalue weighted by atomic mass is 9.75. The molecule has 2 nitrogen and oxygen atoms in total. The first-order valence-electron chi connectivity index (χ1n) is 5.53. The van der Waals surface area contributed by atoms with Crippen LogP contribution in [0.4, 0.5) is 0 Å². The first kappa shape index (κ1) is 11.0. The van der Waals surface area contributed by atoms with E-state index < -0.39 is 0 Å². The van der Waals surface area contributed by atoms with Crippen LogP contribution in [0.15, 0.2) is 0 Å². The van der Waals surface area contributed by atoms with Crippen molar-refractivity contribution >= 4 is 0 Å². The second kappa shape index (κ2) is 4.97. The van der Waals surface area contributed by atoms with Gasteiger partial charge in [-0.15, -0.1) is 0 Å². The Hall–Kier alpha value is -0.0800. The SMILES string of the molecule is CCOCCC1(N)CCCC(C)C1. The fourth-order valence-electron chi connectivity index (χ4n) is 2.35. The Morgan fingerprint density at radius 3 is 2.92 bits per heavy atom. The third-order valence-electron chi connectivity index (χ3n) is 3.07. The lowest BCUT2D eigenvalue weighted by Crippen LogP contribution is -2.44. The van der Waals surface area contributed by atoms with Gasteiger partial charge in [0.15, 0.2) is 0 Å². The molecule has 0 bridgehead atoms. The maximum atomic E-state index is 6.31. The minimum absolute atomic E-state index is 0.0762. The van der Waals surface area contributed by atoms with Gasteiger partial charge in [-0.3, -0.25) is 0 Å². The number of nitrogens with two attached hydrogens (primary N) is 1. The standard InChI is InChI=1S/C11H23NO/c1-3-13-8-7-11(12)6-4-5-10(2)9-11/h10H,3-9,12H2,1-2H3. The number of rotatable bonds is 4. The van der Waals surface area contributed by atoms with Crippen molar-refractivity contribution < 1.29 is 4.74 Å². The topological polar surface area (TPSA) is 35.2 Å². The van der Waals surface area contributed by atoms with Gasteiger partial charge in [0.25, 0.3) is 0 Å². The first-order valence-corrected chi connectivity index (χ1v) is 5.53. The Balaban J connectivity index is 2.27. The lowest BCUT2D eigenvalue weighted by molar-refractivity contribution is 0.107. The number of ether oxygens (including phenoxy) is 1. The van der Waals surface area contributed by atoms with E-state index in [0.717, 1.165) is 25.6 Å². The van der Waals surface area contributed by atoms with Gasteiger partial charge in [0.05, 0.1) is 0 Å². The summed E-state index contributed by atoms with van der Waals surface area (Å²) in [5.74, 6) is 0.806. The molecule has 1 saturated carbocycles. The van der Waals surface area contributed by atoms with Crippen LogP contribution in [0.2, 0.25) is 0 Å². The first-order chi connectivity index (χ1) is 6.16. The van der Waals surface area contributed by atoms with Crippen LogP contribution in [0.25, 0.3) is 0 Å². The highest BCUT2D eigenvalue weighted by molar-refractivity contribution is 4.89. The molecule has 0 aromatic carbocycles. The fourth-order valence-corrected chi connectivity index (χ4v) is 2.35. The van der Waals surface area contributed by atoms with Crippen molar-refractivity contribution in [2.75, 3.05) is 13.2 Å². The lowest BCUT2D eigenvalue weighted by Gasteiger charge is -2.36. The zero-order valence-corrected chi connectivity index (χ0v) is 9.01. The molecular formula is C11H23NO. The molecule has 1 rings (SSSR count). The summed E-state index contributed by atoms with van der Waals surface area (Å²) < 4.78 is 5.36. The van der Waals surface area contributed by atoms with E-state index in [1.807, 2.05) is 6.92 Å². The highest BCUT2D eigenvalue weighted by atomic mass is 16.5. The van der Waals surface area contributed by atoms with Gasteiger partial charge in [-0.1, -0.05) is 19.8 Å². The average Bonchev–Trinajstić information content (AvgIpc) is 2.04. The zero-order chi connectivity index (χ0) is 9.73.